The molecule has 0 radical (unpaired) electrons. The number of nitro benzene ring substituents is 1. The van der Waals surface area contributed by atoms with Crippen LogP contribution in [0, 0.1) is 17.0 Å². The summed E-state index contributed by atoms with van der Waals surface area (Å²) in [4.78, 5) is 23.3. The van der Waals surface area contributed by atoms with E-state index >= 15 is 0 Å². The summed E-state index contributed by atoms with van der Waals surface area (Å²) in [7, 11) is -4.02. The zero-order valence-electron chi connectivity index (χ0n) is 15.2. The fraction of sp³-hybridized carbons (Fsp3) is 0.0500. The fourth-order valence-electron chi connectivity index (χ4n) is 2.54. The van der Waals surface area contributed by atoms with Gasteiger partial charge in [-0.05, 0) is 60.4 Å². The number of rotatable bonds is 7. The van der Waals surface area contributed by atoms with Crippen molar-refractivity contribution in [1.29, 1.82) is 0 Å². The highest BCUT2D eigenvalue weighted by atomic mass is 32.2. The number of anilines is 1. The standard InChI is InChI=1S/C20H16N2O5S2/c1-14-4-9-17(22(24)25)13-20(14)29(26,27)21-16-7-5-15(6-8-16)19(23)11-10-18-3-2-12-28-18/h2-13,21H,1H3/b11-10+. The van der Waals surface area contributed by atoms with E-state index in [4.69, 9.17) is 0 Å². The van der Waals surface area contributed by atoms with Crippen LogP contribution in [0.2, 0.25) is 0 Å². The first-order valence-corrected chi connectivity index (χ1v) is 10.8. The second-order valence-electron chi connectivity index (χ2n) is 6.10. The van der Waals surface area contributed by atoms with Crippen LogP contribution in [0.25, 0.3) is 6.08 Å². The van der Waals surface area contributed by atoms with Gasteiger partial charge < -0.3 is 0 Å². The number of nitrogens with zero attached hydrogens (tertiary/aromatic N) is 1. The summed E-state index contributed by atoms with van der Waals surface area (Å²) in [5.74, 6) is -0.206. The largest absolute Gasteiger partial charge is 0.289 e. The number of carbonyl (C=O) groups excluding carboxylic acids is 1. The molecule has 7 nitrogen and oxygen atoms in total. The summed E-state index contributed by atoms with van der Waals surface area (Å²) in [6.07, 6.45) is 3.17. The highest BCUT2D eigenvalue weighted by molar-refractivity contribution is 7.92. The predicted molar refractivity (Wildman–Crippen MR) is 113 cm³/mol. The van der Waals surface area contributed by atoms with Gasteiger partial charge in [-0.3, -0.25) is 19.6 Å². The third-order valence-corrected chi connectivity index (χ3v) is 6.40. The Hall–Kier alpha value is -3.30. The van der Waals surface area contributed by atoms with Crippen LogP contribution in [0.4, 0.5) is 11.4 Å². The van der Waals surface area contributed by atoms with Gasteiger partial charge in [-0.25, -0.2) is 8.42 Å². The maximum Gasteiger partial charge on any atom is 0.270 e. The van der Waals surface area contributed by atoms with E-state index in [0.29, 0.717) is 11.1 Å². The number of thiophene rings is 1. The molecule has 0 aliphatic rings. The molecular weight excluding hydrogens is 412 g/mol. The van der Waals surface area contributed by atoms with Crippen molar-refractivity contribution in [2.45, 2.75) is 11.8 Å². The Morgan fingerprint density at radius 2 is 1.86 bits per heavy atom. The molecule has 1 aromatic heterocycles. The maximum atomic E-state index is 12.6. The summed E-state index contributed by atoms with van der Waals surface area (Å²) in [6, 6.07) is 13.4. The van der Waals surface area contributed by atoms with Crippen LogP contribution in [-0.2, 0) is 10.0 Å². The van der Waals surface area contributed by atoms with Crippen molar-refractivity contribution < 1.29 is 18.1 Å². The minimum Gasteiger partial charge on any atom is -0.289 e. The lowest BCUT2D eigenvalue weighted by atomic mass is 10.1. The van der Waals surface area contributed by atoms with Crippen molar-refractivity contribution in [2.75, 3.05) is 4.72 Å². The fourth-order valence-corrected chi connectivity index (χ4v) is 4.49. The topological polar surface area (TPSA) is 106 Å². The van der Waals surface area contributed by atoms with Crippen molar-refractivity contribution in [1.82, 2.24) is 0 Å². The second-order valence-corrected chi connectivity index (χ2v) is 8.73. The SMILES string of the molecule is Cc1ccc([N+](=O)[O-])cc1S(=O)(=O)Nc1ccc(C(=O)/C=C/c2cccs2)cc1. The Morgan fingerprint density at radius 1 is 1.14 bits per heavy atom. The van der Waals surface area contributed by atoms with Crippen molar-refractivity contribution in [3.05, 3.63) is 92.2 Å². The Kier molecular flexibility index (Phi) is 5.90. The lowest BCUT2D eigenvalue weighted by molar-refractivity contribution is -0.385. The molecule has 0 unspecified atom stereocenters. The average molecular weight is 428 g/mol. The molecule has 3 rings (SSSR count). The number of sulfonamides is 1. The maximum absolute atomic E-state index is 12.6. The van der Waals surface area contributed by atoms with Crippen LogP contribution in [0.5, 0.6) is 0 Å². The van der Waals surface area contributed by atoms with Gasteiger partial charge in [-0.1, -0.05) is 12.1 Å². The quantitative estimate of drug-likeness (QED) is 0.255. The van der Waals surface area contributed by atoms with Crippen molar-refractivity contribution in [3.63, 3.8) is 0 Å². The molecule has 0 fully saturated rings. The first kappa shape index (κ1) is 20.4. The Labute approximate surface area is 171 Å². The zero-order valence-corrected chi connectivity index (χ0v) is 16.9. The number of nitrogens with one attached hydrogen (secondary N) is 1. The lowest BCUT2D eigenvalue weighted by Crippen LogP contribution is -2.14. The summed E-state index contributed by atoms with van der Waals surface area (Å²) < 4.78 is 27.7. The molecule has 0 saturated carbocycles. The molecule has 0 bridgehead atoms. The van der Waals surface area contributed by atoms with Crippen LogP contribution in [-0.4, -0.2) is 19.1 Å². The highest BCUT2D eigenvalue weighted by Gasteiger charge is 2.20. The van der Waals surface area contributed by atoms with Crippen LogP contribution >= 0.6 is 11.3 Å². The molecule has 0 amide bonds. The Morgan fingerprint density at radius 3 is 2.48 bits per heavy atom. The van der Waals surface area contributed by atoms with Gasteiger partial charge in [-0.2, -0.15) is 0 Å². The van der Waals surface area contributed by atoms with Crippen molar-refractivity contribution in [3.8, 4) is 0 Å². The Balaban J connectivity index is 1.78. The number of hydrogen-bond acceptors (Lipinski definition) is 6. The van der Waals surface area contributed by atoms with Gasteiger partial charge in [-0.15, -0.1) is 11.3 Å². The minimum atomic E-state index is -4.02. The molecule has 0 spiro atoms. The minimum absolute atomic E-state index is 0.175. The van der Waals surface area contributed by atoms with E-state index in [1.807, 2.05) is 17.5 Å². The zero-order chi connectivity index (χ0) is 21.0. The molecule has 9 heteroatoms. The molecule has 0 aliphatic carbocycles. The number of carbonyl (C=O) groups is 1. The number of ketones is 1. The molecule has 29 heavy (non-hydrogen) atoms. The number of hydrogen-bond donors (Lipinski definition) is 1. The first-order chi connectivity index (χ1) is 13.8. The number of allylic oxidation sites excluding steroid dienone is 1. The number of aryl methyl sites for hydroxylation is 1. The molecule has 0 atom stereocenters. The first-order valence-electron chi connectivity index (χ1n) is 8.40. The monoisotopic (exact) mass is 428 g/mol. The van der Waals surface area contributed by atoms with Gasteiger partial charge in [0.05, 0.1) is 9.82 Å². The molecule has 148 valence electrons. The molecule has 3 aromatic rings. The average Bonchev–Trinajstić information content (AvgIpc) is 3.20. The lowest BCUT2D eigenvalue weighted by Gasteiger charge is -2.10. The molecule has 2 aromatic carbocycles. The molecule has 0 saturated heterocycles. The van der Waals surface area contributed by atoms with E-state index < -0.39 is 14.9 Å². The van der Waals surface area contributed by atoms with Crippen LogP contribution in [0.15, 0.2) is 70.9 Å². The van der Waals surface area contributed by atoms with Crippen molar-refractivity contribution >= 4 is 44.6 Å². The normalized spacial score (nSPS) is 11.5. The molecule has 0 aliphatic heterocycles. The number of nitro groups is 1. The van der Waals surface area contributed by atoms with E-state index in [0.717, 1.165) is 10.9 Å². The van der Waals surface area contributed by atoms with E-state index in [-0.39, 0.29) is 22.1 Å². The second kappa shape index (κ2) is 8.38. The van der Waals surface area contributed by atoms with Gasteiger partial charge in [0.1, 0.15) is 0 Å². The summed E-state index contributed by atoms with van der Waals surface area (Å²) in [5, 5.41) is 12.8. The van der Waals surface area contributed by atoms with Crippen molar-refractivity contribution in [2.24, 2.45) is 0 Å². The number of benzene rings is 2. The summed E-state index contributed by atoms with van der Waals surface area (Å²) in [5.41, 5.74) is 0.727. The van der Waals surface area contributed by atoms with Gasteiger partial charge in [0, 0.05) is 28.3 Å². The van der Waals surface area contributed by atoms with Gasteiger partial charge in [0.2, 0.25) is 0 Å². The van der Waals surface area contributed by atoms with E-state index in [2.05, 4.69) is 4.72 Å². The van der Waals surface area contributed by atoms with Gasteiger partial charge in [0.25, 0.3) is 15.7 Å². The molecule has 1 heterocycles. The third-order valence-electron chi connectivity index (χ3n) is 4.04. The van der Waals surface area contributed by atoms with Crippen LogP contribution in [0.1, 0.15) is 20.8 Å². The molecule has 1 N–H and O–H groups in total. The summed E-state index contributed by atoms with van der Waals surface area (Å²) in [6.45, 7) is 1.56. The van der Waals surface area contributed by atoms with Gasteiger partial charge >= 0.3 is 0 Å². The Bertz CT molecular complexity index is 1180. The summed E-state index contributed by atoms with van der Waals surface area (Å²) >= 11 is 1.51. The van der Waals surface area contributed by atoms with E-state index in [1.54, 1.807) is 13.0 Å². The predicted octanol–water partition coefficient (Wildman–Crippen LogP) is 4.66. The van der Waals surface area contributed by atoms with E-state index in [9.17, 15) is 23.3 Å². The third kappa shape index (κ3) is 4.95. The smallest absolute Gasteiger partial charge is 0.270 e. The number of non-ortho nitro benzene ring substituents is 1. The van der Waals surface area contributed by atoms with Gasteiger partial charge in [0.15, 0.2) is 5.78 Å². The van der Waals surface area contributed by atoms with Crippen LogP contribution in [0.3, 0.4) is 0 Å². The van der Waals surface area contributed by atoms with Crippen LogP contribution < -0.4 is 4.72 Å². The van der Waals surface area contributed by atoms with E-state index in [1.165, 1.54) is 53.8 Å². The highest BCUT2D eigenvalue weighted by Crippen LogP contribution is 2.24. The molecular formula is C20H16N2O5S2.